The largest absolute Gasteiger partial charge is 0.502 e. The maximum absolute atomic E-state index is 12.2. The van der Waals surface area contributed by atoms with Gasteiger partial charge >= 0.3 is 5.69 Å². The summed E-state index contributed by atoms with van der Waals surface area (Å²) < 4.78 is 0. The van der Waals surface area contributed by atoms with E-state index in [1.54, 1.807) is 6.07 Å². The molecule has 0 atom stereocenters. The summed E-state index contributed by atoms with van der Waals surface area (Å²) in [6.45, 7) is 0.272. The average molecular weight is 396 g/mol. The lowest BCUT2D eigenvalue weighted by molar-refractivity contribution is -0.394. The van der Waals surface area contributed by atoms with Crippen molar-refractivity contribution in [1.82, 2.24) is 5.32 Å². The van der Waals surface area contributed by atoms with Crippen LogP contribution in [0.1, 0.15) is 17.5 Å². The molecule has 2 aromatic rings. The molecule has 0 aliphatic rings. The fourth-order valence-electron chi connectivity index (χ4n) is 2.52. The Hall–Kier alpha value is -4.26. The minimum Gasteiger partial charge on any atom is -0.502 e. The number of non-ortho nitro benzene ring substituents is 1. The molecule has 0 unspecified atom stereocenters. The van der Waals surface area contributed by atoms with Crippen LogP contribution in [-0.2, 0) is 11.2 Å². The summed E-state index contributed by atoms with van der Waals surface area (Å²) in [5.74, 6) is -1.63. The van der Waals surface area contributed by atoms with E-state index in [-0.39, 0.29) is 12.1 Å². The van der Waals surface area contributed by atoms with E-state index in [0.717, 1.165) is 17.7 Å². The Balaban J connectivity index is 2.15. The highest BCUT2D eigenvalue weighted by Gasteiger charge is 2.24. The number of amides is 1. The number of carbonyl (C=O) groups is 1. The molecule has 0 aliphatic heterocycles. The minimum atomic E-state index is -0.991. The van der Waals surface area contributed by atoms with Gasteiger partial charge in [-0.05, 0) is 24.5 Å². The van der Waals surface area contributed by atoms with Gasteiger partial charge in [0.2, 0.25) is 5.75 Å². The van der Waals surface area contributed by atoms with Crippen molar-refractivity contribution in [1.29, 1.82) is 5.26 Å². The molecule has 0 saturated carbocycles. The van der Waals surface area contributed by atoms with E-state index in [9.17, 15) is 35.4 Å². The highest BCUT2D eigenvalue weighted by molar-refractivity contribution is 6.02. The molecule has 0 fully saturated rings. The highest BCUT2D eigenvalue weighted by atomic mass is 16.6. The van der Waals surface area contributed by atoms with Crippen molar-refractivity contribution < 1.29 is 19.7 Å². The first-order valence-corrected chi connectivity index (χ1v) is 8.43. The summed E-state index contributed by atoms with van der Waals surface area (Å²) in [4.78, 5) is 32.3. The number of benzene rings is 2. The maximum Gasteiger partial charge on any atom is 0.318 e. The van der Waals surface area contributed by atoms with Gasteiger partial charge in [0.1, 0.15) is 11.6 Å². The molecule has 0 radical (unpaired) electrons. The van der Waals surface area contributed by atoms with Crippen molar-refractivity contribution in [2.24, 2.45) is 0 Å². The molecule has 0 spiro atoms. The van der Waals surface area contributed by atoms with Gasteiger partial charge in [0.15, 0.2) is 0 Å². The van der Waals surface area contributed by atoms with Crippen LogP contribution in [0.25, 0.3) is 6.08 Å². The van der Waals surface area contributed by atoms with Gasteiger partial charge < -0.3 is 10.4 Å². The van der Waals surface area contributed by atoms with Gasteiger partial charge in [-0.1, -0.05) is 30.3 Å². The number of nitro groups is 2. The third kappa shape index (κ3) is 5.61. The Morgan fingerprint density at radius 2 is 1.86 bits per heavy atom. The van der Waals surface area contributed by atoms with Crippen LogP contribution >= 0.6 is 0 Å². The Morgan fingerprint density at radius 1 is 1.17 bits per heavy atom. The van der Waals surface area contributed by atoms with Gasteiger partial charge in [0.25, 0.3) is 11.6 Å². The Kier molecular flexibility index (Phi) is 6.97. The SMILES string of the molecule is N#C/C(=C/c1cc([N+](=O)[O-])cc([N+](=O)[O-])c1O)C(=O)NCCCc1ccccc1. The number of aromatic hydroxyl groups is 1. The van der Waals surface area contributed by atoms with Crippen LogP contribution in [0, 0.1) is 31.6 Å². The number of nitrogens with zero attached hydrogens (tertiary/aromatic N) is 3. The maximum atomic E-state index is 12.2. The molecular weight excluding hydrogens is 380 g/mol. The van der Waals surface area contributed by atoms with Gasteiger partial charge in [-0.3, -0.25) is 25.0 Å². The van der Waals surface area contributed by atoms with E-state index in [2.05, 4.69) is 5.32 Å². The Morgan fingerprint density at radius 3 is 2.45 bits per heavy atom. The Labute approximate surface area is 165 Å². The first-order valence-electron chi connectivity index (χ1n) is 8.43. The van der Waals surface area contributed by atoms with E-state index >= 15 is 0 Å². The van der Waals surface area contributed by atoms with E-state index in [1.165, 1.54) is 0 Å². The molecule has 0 saturated heterocycles. The van der Waals surface area contributed by atoms with Gasteiger partial charge in [0.05, 0.1) is 15.9 Å². The average Bonchev–Trinajstić information content (AvgIpc) is 2.70. The number of nitriles is 1. The van der Waals surface area contributed by atoms with Crippen molar-refractivity contribution in [2.75, 3.05) is 6.54 Å². The number of carbonyl (C=O) groups excluding carboxylic acids is 1. The van der Waals surface area contributed by atoms with Crippen LogP contribution < -0.4 is 5.32 Å². The molecule has 0 aliphatic carbocycles. The summed E-state index contributed by atoms with van der Waals surface area (Å²) in [5.41, 5.74) is -1.28. The molecule has 10 heteroatoms. The number of nitro benzene ring substituents is 2. The fourth-order valence-corrected chi connectivity index (χ4v) is 2.52. The fraction of sp³-hybridized carbons (Fsp3) is 0.158. The number of hydrogen-bond acceptors (Lipinski definition) is 7. The summed E-state index contributed by atoms with van der Waals surface area (Å²) in [7, 11) is 0. The number of aryl methyl sites for hydroxylation is 1. The molecule has 10 nitrogen and oxygen atoms in total. The van der Waals surface area contributed by atoms with Crippen molar-refractivity contribution in [3.63, 3.8) is 0 Å². The van der Waals surface area contributed by atoms with Crippen molar-refractivity contribution in [2.45, 2.75) is 12.8 Å². The Bertz CT molecular complexity index is 1010. The highest BCUT2D eigenvalue weighted by Crippen LogP contribution is 2.35. The molecule has 29 heavy (non-hydrogen) atoms. The quantitative estimate of drug-likeness (QED) is 0.228. The second-order valence-electron chi connectivity index (χ2n) is 5.93. The normalized spacial score (nSPS) is 10.8. The number of rotatable bonds is 8. The first-order chi connectivity index (χ1) is 13.8. The minimum absolute atomic E-state index is 0.272. The van der Waals surface area contributed by atoms with Crippen molar-refractivity contribution in [3.8, 4) is 11.8 Å². The lowest BCUT2D eigenvalue weighted by atomic mass is 10.1. The second kappa shape index (κ2) is 9.61. The summed E-state index contributed by atoms with van der Waals surface area (Å²) in [6, 6.07) is 12.7. The lowest BCUT2D eigenvalue weighted by Gasteiger charge is -2.06. The zero-order valence-electron chi connectivity index (χ0n) is 15.1. The number of nitrogens with one attached hydrogen (secondary N) is 1. The molecule has 2 rings (SSSR count). The predicted octanol–water partition coefficient (Wildman–Crippen LogP) is 2.86. The van der Waals surface area contributed by atoms with Gasteiger partial charge in [-0.25, -0.2) is 0 Å². The van der Waals surface area contributed by atoms with Crippen LogP contribution in [0.15, 0.2) is 48.0 Å². The monoisotopic (exact) mass is 396 g/mol. The van der Waals surface area contributed by atoms with E-state index in [1.807, 2.05) is 30.3 Å². The molecule has 0 heterocycles. The standard InChI is InChI=1S/C19H16N4O6/c20-12-15(19(25)21-8-4-7-13-5-2-1-3-6-13)9-14-10-16(22(26)27)11-17(18(14)24)23(28)29/h1-3,5-6,9-11,24H,4,7-8H2,(H,21,25)/b15-9-. The number of phenolic OH excluding ortho intramolecular Hbond substituents is 1. The summed E-state index contributed by atoms with van der Waals surface area (Å²) in [5, 5.41) is 43.7. The zero-order valence-corrected chi connectivity index (χ0v) is 15.1. The second-order valence-corrected chi connectivity index (χ2v) is 5.93. The first kappa shape index (κ1) is 21.0. The smallest absolute Gasteiger partial charge is 0.318 e. The van der Waals surface area contributed by atoms with E-state index in [0.29, 0.717) is 18.9 Å². The molecular formula is C19H16N4O6. The van der Waals surface area contributed by atoms with Crippen molar-refractivity contribution >= 4 is 23.4 Å². The van der Waals surface area contributed by atoms with Crippen LogP contribution in [0.3, 0.4) is 0 Å². The van der Waals surface area contributed by atoms with E-state index in [4.69, 9.17) is 0 Å². The predicted molar refractivity (Wildman–Crippen MR) is 103 cm³/mol. The van der Waals surface area contributed by atoms with Crippen LogP contribution in [-0.4, -0.2) is 27.4 Å². The zero-order chi connectivity index (χ0) is 21.4. The summed E-state index contributed by atoms with van der Waals surface area (Å²) in [6.07, 6.45) is 2.20. The molecule has 148 valence electrons. The molecule has 0 aromatic heterocycles. The number of phenols is 1. The van der Waals surface area contributed by atoms with Crippen LogP contribution in [0.2, 0.25) is 0 Å². The summed E-state index contributed by atoms with van der Waals surface area (Å²) >= 11 is 0. The lowest BCUT2D eigenvalue weighted by Crippen LogP contribution is -2.25. The molecule has 1 amide bonds. The van der Waals surface area contributed by atoms with E-state index < -0.39 is 38.5 Å². The molecule has 0 bridgehead atoms. The third-order valence-electron chi connectivity index (χ3n) is 3.95. The third-order valence-corrected chi connectivity index (χ3v) is 3.95. The van der Waals surface area contributed by atoms with Crippen LogP contribution in [0.5, 0.6) is 5.75 Å². The molecule has 2 aromatic carbocycles. The van der Waals surface area contributed by atoms with Crippen molar-refractivity contribution in [3.05, 3.63) is 79.4 Å². The van der Waals surface area contributed by atoms with Crippen LogP contribution in [0.4, 0.5) is 11.4 Å². The van der Waals surface area contributed by atoms with Gasteiger partial charge in [-0.2, -0.15) is 5.26 Å². The van der Waals surface area contributed by atoms with Gasteiger partial charge in [-0.15, -0.1) is 0 Å². The topological polar surface area (TPSA) is 159 Å². The number of hydrogen-bond donors (Lipinski definition) is 2. The van der Waals surface area contributed by atoms with Gasteiger partial charge in [0, 0.05) is 18.2 Å². The molecule has 2 N–H and O–H groups in total.